The number of benzene rings is 1. The van der Waals surface area contributed by atoms with Gasteiger partial charge in [0.05, 0.1) is 16.8 Å². The number of fused-ring (bicyclic) bond motifs is 4. The third kappa shape index (κ3) is 8.63. The van der Waals surface area contributed by atoms with Crippen molar-refractivity contribution in [1.82, 2.24) is 26.1 Å². The zero-order valence-corrected chi connectivity index (χ0v) is 26.3. The van der Waals surface area contributed by atoms with Crippen molar-refractivity contribution in [2.75, 3.05) is 6.54 Å². The van der Waals surface area contributed by atoms with Gasteiger partial charge in [0, 0.05) is 18.4 Å². The van der Waals surface area contributed by atoms with Crippen molar-refractivity contribution in [3.05, 3.63) is 47.7 Å². The zero-order valence-electron chi connectivity index (χ0n) is 26.3. The molecule has 3 unspecified atom stereocenters. The molecule has 1 aromatic heterocycles. The topological polar surface area (TPSA) is 150 Å². The van der Waals surface area contributed by atoms with Crippen molar-refractivity contribution in [3.8, 4) is 0 Å². The SMILES string of the molecule is CC1NC(=O)C(C(C)C)NC(=O)CC[C@@](C)(O)CC/C=C/c2ccc3ccc(nc3c2)[C@@H](C)OC(=O)C2CCCN(N2)C1=O. The van der Waals surface area contributed by atoms with Crippen LogP contribution in [0.4, 0.5) is 0 Å². The molecule has 0 aliphatic carbocycles. The van der Waals surface area contributed by atoms with E-state index in [9.17, 15) is 24.3 Å². The van der Waals surface area contributed by atoms with Gasteiger partial charge in [-0.15, -0.1) is 0 Å². The summed E-state index contributed by atoms with van der Waals surface area (Å²) in [7, 11) is 0. The molecule has 0 spiro atoms. The minimum absolute atomic E-state index is 0.0496. The Bertz CT molecular complexity index is 1410. The van der Waals surface area contributed by atoms with Crippen LogP contribution in [0.5, 0.6) is 0 Å². The number of carbonyl (C=O) groups is 4. The molecule has 1 saturated heterocycles. The van der Waals surface area contributed by atoms with E-state index in [4.69, 9.17) is 9.72 Å². The number of nitrogens with one attached hydrogen (secondary N) is 3. The molecule has 2 aliphatic rings. The average molecular weight is 608 g/mol. The predicted octanol–water partition coefficient (Wildman–Crippen LogP) is 3.32. The number of allylic oxidation sites excluding steroid dienone is 1. The van der Waals surface area contributed by atoms with Crippen LogP contribution in [0.1, 0.15) is 90.5 Å². The van der Waals surface area contributed by atoms with E-state index in [1.807, 2.05) is 56.3 Å². The number of cyclic esters (lactones) is 1. The molecule has 4 rings (SSSR count). The molecule has 238 valence electrons. The Hall–Kier alpha value is -3.83. The lowest BCUT2D eigenvalue weighted by atomic mass is 9.93. The van der Waals surface area contributed by atoms with Crippen LogP contribution in [0.25, 0.3) is 17.0 Å². The standard InChI is InChI=1S/C33H45N5O6/c1-20(2)29-30(40)34-21(3)31(41)38-18-8-10-26(37-38)32(42)44-22(4)25-14-13-24-12-11-23(19-27(24)35-25)9-6-7-16-33(5,43)17-15-28(39)36-29/h6,9,11-14,19-22,26,29,37,43H,7-8,10,15-18H2,1-5H3,(H,34,40)(H,36,39)/b9-6+/t21?,22-,26?,29?,33+/m1/s1. The Kier molecular flexibility index (Phi) is 10.7. The van der Waals surface area contributed by atoms with E-state index in [1.54, 1.807) is 20.8 Å². The van der Waals surface area contributed by atoms with E-state index in [0.717, 1.165) is 16.5 Å². The van der Waals surface area contributed by atoms with Gasteiger partial charge in [-0.3, -0.25) is 24.2 Å². The van der Waals surface area contributed by atoms with Crippen molar-refractivity contribution in [2.24, 2.45) is 5.92 Å². The van der Waals surface area contributed by atoms with E-state index in [1.165, 1.54) is 5.01 Å². The highest BCUT2D eigenvalue weighted by molar-refractivity contribution is 5.92. The molecule has 4 N–H and O–H groups in total. The molecule has 2 aromatic rings. The predicted molar refractivity (Wildman–Crippen MR) is 167 cm³/mol. The monoisotopic (exact) mass is 607 g/mol. The molecule has 11 heteroatoms. The Morgan fingerprint density at radius 2 is 1.82 bits per heavy atom. The van der Waals surface area contributed by atoms with Crippen molar-refractivity contribution in [3.63, 3.8) is 0 Å². The van der Waals surface area contributed by atoms with Crippen LogP contribution in [-0.2, 0) is 23.9 Å². The van der Waals surface area contributed by atoms with Crippen LogP contribution in [0.15, 0.2) is 36.4 Å². The summed E-state index contributed by atoms with van der Waals surface area (Å²) >= 11 is 0. The lowest BCUT2D eigenvalue weighted by molar-refractivity contribution is -0.157. The van der Waals surface area contributed by atoms with Crippen LogP contribution in [0.2, 0.25) is 0 Å². The van der Waals surface area contributed by atoms with Gasteiger partial charge in [-0.1, -0.05) is 44.2 Å². The first kappa shape index (κ1) is 33.1. The molecular weight excluding hydrogens is 562 g/mol. The van der Waals surface area contributed by atoms with Gasteiger partial charge < -0.3 is 20.5 Å². The normalized spacial score (nSPS) is 29.1. The Labute approximate surface area is 258 Å². The van der Waals surface area contributed by atoms with Gasteiger partial charge in [0.1, 0.15) is 24.2 Å². The highest BCUT2D eigenvalue weighted by Gasteiger charge is 2.34. The average Bonchev–Trinajstić information content (AvgIpc) is 2.99. The minimum Gasteiger partial charge on any atom is -0.455 e. The number of aliphatic hydroxyl groups is 1. The first-order valence-corrected chi connectivity index (χ1v) is 15.5. The maximum Gasteiger partial charge on any atom is 0.325 e. The molecule has 1 aromatic carbocycles. The van der Waals surface area contributed by atoms with E-state index in [0.29, 0.717) is 37.9 Å². The summed E-state index contributed by atoms with van der Waals surface area (Å²) in [5.41, 5.74) is 4.22. The second-order valence-corrected chi connectivity index (χ2v) is 12.5. The van der Waals surface area contributed by atoms with E-state index in [-0.39, 0.29) is 24.7 Å². The molecule has 3 amide bonds. The van der Waals surface area contributed by atoms with E-state index in [2.05, 4.69) is 16.1 Å². The van der Waals surface area contributed by atoms with Gasteiger partial charge in [0.25, 0.3) is 5.91 Å². The van der Waals surface area contributed by atoms with Crippen LogP contribution in [0, 0.1) is 5.92 Å². The Balaban J connectivity index is 1.58. The number of nitrogens with zero attached hydrogens (tertiary/aromatic N) is 2. The fourth-order valence-electron chi connectivity index (χ4n) is 5.41. The third-order valence-corrected chi connectivity index (χ3v) is 8.23. The third-order valence-electron chi connectivity index (χ3n) is 8.23. The van der Waals surface area contributed by atoms with Crippen LogP contribution < -0.4 is 16.1 Å². The maximum atomic E-state index is 13.3. The van der Waals surface area contributed by atoms with Gasteiger partial charge >= 0.3 is 5.97 Å². The number of hydrogen-bond donors (Lipinski definition) is 4. The highest BCUT2D eigenvalue weighted by atomic mass is 16.5. The molecule has 2 aliphatic heterocycles. The molecule has 0 saturated carbocycles. The quantitative estimate of drug-likeness (QED) is 0.361. The number of ether oxygens (including phenoxy) is 1. The van der Waals surface area contributed by atoms with Crippen molar-refractivity contribution < 1.29 is 29.0 Å². The summed E-state index contributed by atoms with van der Waals surface area (Å²) in [6, 6.07) is 7.21. The minimum atomic E-state index is -1.07. The zero-order chi connectivity index (χ0) is 32.0. The van der Waals surface area contributed by atoms with E-state index >= 15 is 0 Å². The molecule has 5 bridgehead atoms. The van der Waals surface area contributed by atoms with Gasteiger partial charge in [-0.25, -0.2) is 10.4 Å². The summed E-state index contributed by atoms with van der Waals surface area (Å²) in [6.45, 7) is 9.02. The lowest BCUT2D eigenvalue weighted by Crippen LogP contribution is -2.61. The van der Waals surface area contributed by atoms with Gasteiger partial charge in [-0.2, -0.15) is 0 Å². The molecular formula is C33H45N5O6. The Morgan fingerprint density at radius 1 is 1.07 bits per heavy atom. The number of aromatic nitrogens is 1. The first-order chi connectivity index (χ1) is 20.8. The van der Waals surface area contributed by atoms with Crippen LogP contribution in [0.3, 0.4) is 0 Å². The van der Waals surface area contributed by atoms with Crippen molar-refractivity contribution in [2.45, 2.75) is 103 Å². The summed E-state index contributed by atoms with van der Waals surface area (Å²) in [4.78, 5) is 57.1. The fraction of sp³-hybridized carbons (Fsp3) is 0.545. The number of amides is 3. The summed E-state index contributed by atoms with van der Waals surface area (Å²) < 4.78 is 5.77. The number of hydrogen-bond acceptors (Lipinski definition) is 8. The maximum absolute atomic E-state index is 13.3. The number of pyridine rings is 1. The van der Waals surface area contributed by atoms with Crippen molar-refractivity contribution in [1.29, 1.82) is 0 Å². The second-order valence-electron chi connectivity index (χ2n) is 12.5. The molecule has 11 nitrogen and oxygen atoms in total. The Morgan fingerprint density at radius 3 is 2.57 bits per heavy atom. The summed E-state index contributed by atoms with van der Waals surface area (Å²) in [5.74, 6) is -1.96. The molecule has 1 fully saturated rings. The number of hydrazine groups is 1. The van der Waals surface area contributed by atoms with Crippen LogP contribution >= 0.6 is 0 Å². The largest absolute Gasteiger partial charge is 0.455 e. The van der Waals surface area contributed by atoms with Gasteiger partial charge in [-0.05, 0) is 76.5 Å². The summed E-state index contributed by atoms with van der Waals surface area (Å²) in [5, 5.41) is 18.7. The van der Waals surface area contributed by atoms with Gasteiger partial charge in [0.2, 0.25) is 11.8 Å². The smallest absolute Gasteiger partial charge is 0.325 e. The number of carbonyl (C=O) groups excluding carboxylic acids is 4. The number of esters is 1. The molecule has 44 heavy (non-hydrogen) atoms. The highest BCUT2D eigenvalue weighted by Crippen LogP contribution is 2.24. The van der Waals surface area contributed by atoms with Crippen molar-refractivity contribution >= 4 is 40.7 Å². The fourth-order valence-corrected chi connectivity index (χ4v) is 5.41. The molecule has 0 radical (unpaired) electrons. The lowest BCUT2D eigenvalue weighted by Gasteiger charge is -2.35. The summed E-state index contributed by atoms with van der Waals surface area (Å²) in [6.07, 6.45) is 5.74. The van der Waals surface area contributed by atoms with Crippen LogP contribution in [-0.4, -0.2) is 69.1 Å². The number of rotatable bonds is 1. The molecule has 3 heterocycles. The van der Waals surface area contributed by atoms with Gasteiger partial charge in [0.15, 0.2) is 0 Å². The van der Waals surface area contributed by atoms with E-state index < -0.39 is 47.6 Å². The second kappa shape index (κ2) is 14.3. The molecule has 5 atom stereocenters. The first-order valence-electron chi connectivity index (χ1n) is 15.5.